The van der Waals surface area contributed by atoms with Crippen LogP contribution in [-0.4, -0.2) is 51.4 Å². The molecule has 5 atom stereocenters. The van der Waals surface area contributed by atoms with E-state index in [2.05, 4.69) is 25.1 Å². The Morgan fingerprint density at radius 3 is 2.43 bits per heavy atom. The summed E-state index contributed by atoms with van der Waals surface area (Å²) in [5, 5.41) is 41.0. The highest BCUT2D eigenvalue weighted by atomic mass is 32.1. The van der Waals surface area contributed by atoms with Gasteiger partial charge in [0.05, 0.1) is 6.61 Å². The second kappa shape index (κ2) is 7.91. The standard InChI is InChI=1S/C22H24O5S/c1-12-5-2-3-6-13(12)9-14-7-4-8-15-10-17(28-22(14)15)21-20(26)19(25)18(24)16(11-23)27-21/h2-8,10,16,18-21,23-26H,9,11H2,1H3/t16-,18-,19+,20-,21+/m1/s1. The first kappa shape index (κ1) is 19.5. The molecule has 1 aliphatic rings. The molecule has 0 amide bonds. The molecule has 2 heterocycles. The molecule has 4 rings (SSSR count). The van der Waals surface area contributed by atoms with Gasteiger partial charge in [-0.3, -0.25) is 0 Å². The number of ether oxygens (including phenoxy) is 1. The van der Waals surface area contributed by atoms with E-state index in [0.29, 0.717) is 0 Å². The van der Waals surface area contributed by atoms with Gasteiger partial charge in [-0.2, -0.15) is 0 Å². The van der Waals surface area contributed by atoms with Gasteiger partial charge in [0.2, 0.25) is 0 Å². The van der Waals surface area contributed by atoms with Gasteiger partial charge in [0, 0.05) is 9.58 Å². The molecule has 1 aliphatic heterocycles. The third-order valence-corrected chi connectivity index (χ3v) is 6.75. The summed E-state index contributed by atoms with van der Waals surface area (Å²) in [6, 6.07) is 16.4. The van der Waals surface area contributed by atoms with Crippen LogP contribution in [0.5, 0.6) is 0 Å². The number of fused-ring (bicyclic) bond motifs is 1. The SMILES string of the molecule is Cc1ccccc1Cc1cccc2cc([C@@H]3O[C@H](CO)[C@@H](O)[C@H](O)[C@H]3O)sc12. The third-order valence-electron chi connectivity index (χ3n) is 5.46. The van der Waals surface area contributed by atoms with Crippen molar-refractivity contribution in [2.24, 2.45) is 0 Å². The average Bonchev–Trinajstić information content (AvgIpc) is 3.13. The van der Waals surface area contributed by atoms with Crippen LogP contribution in [0.25, 0.3) is 10.1 Å². The Kier molecular flexibility index (Phi) is 5.51. The molecular formula is C22H24O5S. The Bertz CT molecular complexity index is 966. The van der Waals surface area contributed by atoms with Gasteiger partial charge in [0.25, 0.3) is 0 Å². The molecule has 0 aliphatic carbocycles. The van der Waals surface area contributed by atoms with Crippen LogP contribution in [0.2, 0.25) is 0 Å². The van der Waals surface area contributed by atoms with Gasteiger partial charge in [-0.1, -0.05) is 42.5 Å². The minimum Gasteiger partial charge on any atom is -0.394 e. The van der Waals surface area contributed by atoms with Crippen molar-refractivity contribution < 1.29 is 25.2 Å². The maximum atomic E-state index is 10.4. The lowest BCUT2D eigenvalue weighted by molar-refractivity contribution is -0.230. The molecular weight excluding hydrogens is 376 g/mol. The highest BCUT2D eigenvalue weighted by Gasteiger charge is 2.44. The first-order valence-electron chi connectivity index (χ1n) is 9.36. The Balaban J connectivity index is 1.69. The van der Waals surface area contributed by atoms with E-state index in [-0.39, 0.29) is 0 Å². The predicted octanol–water partition coefficient (Wildman–Crippen LogP) is 2.32. The number of thiophene rings is 1. The van der Waals surface area contributed by atoms with Crippen molar-refractivity contribution >= 4 is 21.4 Å². The van der Waals surface area contributed by atoms with Gasteiger partial charge >= 0.3 is 0 Å². The van der Waals surface area contributed by atoms with Crippen molar-refractivity contribution in [3.8, 4) is 0 Å². The Labute approximate surface area is 167 Å². The molecule has 5 nitrogen and oxygen atoms in total. The van der Waals surface area contributed by atoms with Crippen molar-refractivity contribution in [1.82, 2.24) is 0 Å². The highest BCUT2D eigenvalue weighted by Crippen LogP contribution is 2.39. The van der Waals surface area contributed by atoms with Crippen molar-refractivity contribution in [2.75, 3.05) is 6.61 Å². The van der Waals surface area contributed by atoms with Crippen LogP contribution < -0.4 is 0 Å². The lowest BCUT2D eigenvalue weighted by Crippen LogP contribution is -2.55. The molecule has 1 saturated heterocycles. The molecule has 0 unspecified atom stereocenters. The summed E-state index contributed by atoms with van der Waals surface area (Å²) in [4.78, 5) is 0.768. The second-order valence-corrected chi connectivity index (χ2v) is 8.42. The average molecular weight is 400 g/mol. The summed E-state index contributed by atoms with van der Waals surface area (Å²) < 4.78 is 6.83. The molecule has 0 saturated carbocycles. The van der Waals surface area contributed by atoms with E-state index in [0.717, 1.165) is 21.4 Å². The summed E-state index contributed by atoms with van der Waals surface area (Å²) in [7, 11) is 0. The summed E-state index contributed by atoms with van der Waals surface area (Å²) in [6.07, 6.45) is -4.86. The second-order valence-electron chi connectivity index (χ2n) is 7.34. The summed E-state index contributed by atoms with van der Waals surface area (Å²) >= 11 is 1.52. The maximum absolute atomic E-state index is 10.4. The maximum Gasteiger partial charge on any atom is 0.121 e. The molecule has 28 heavy (non-hydrogen) atoms. The van der Waals surface area contributed by atoms with Crippen molar-refractivity contribution in [3.05, 3.63) is 70.1 Å². The van der Waals surface area contributed by atoms with Crippen molar-refractivity contribution in [3.63, 3.8) is 0 Å². The molecule has 0 bridgehead atoms. The molecule has 6 heteroatoms. The fraction of sp³-hybridized carbons (Fsp3) is 0.364. The van der Waals surface area contributed by atoms with E-state index in [1.165, 1.54) is 28.0 Å². The molecule has 148 valence electrons. The zero-order valence-corrected chi connectivity index (χ0v) is 16.3. The van der Waals surface area contributed by atoms with Crippen LogP contribution in [0.3, 0.4) is 0 Å². The number of rotatable bonds is 4. The van der Waals surface area contributed by atoms with Crippen LogP contribution in [0.15, 0.2) is 48.5 Å². The Morgan fingerprint density at radius 1 is 0.929 bits per heavy atom. The van der Waals surface area contributed by atoms with Crippen LogP contribution >= 0.6 is 11.3 Å². The van der Waals surface area contributed by atoms with Gasteiger partial charge in [0.1, 0.15) is 30.5 Å². The number of aryl methyl sites for hydroxylation is 1. The quantitative estimate of drug-likeness (QED) is 0.540. The largest absolute Gasteiger partial charge is 0.394 e. The number of aliphatic hydroxyl groups excluding tert-OH is 4. The normalized spacial score (nSPS) is 28.0. The lowest BCUT2D eigenvalue weighted by atomic mass is 9.94. The number of hydrogen-bond acceptors (Lipinski definition) is 6. The molecule has 1 fully saturated rings. The van der Waals surface area contributed by atoms with Crippen molar-refractivity contribution in [1.29, 1.82) is 0 Å². The number of hydrogen-bond donors (Lipinski definition) is 4. The molecule has 2 aromatic carbocycles. The fourth-order valence-electron chi connectivity index (χ4n) is 3.77. The first-order valence-corrected chi connectivity index (χ1v) is 10.2. The molecule has 4 N–H and O–H groups in total. The van der Waals surface area contributed by atoms with E-state index in [1.54, 1.807) is 0 Å². The van der Waals surface area contributed by atoms with Crippen LogP contribution in [-0.2, 0) is 11.2 Å². The van der Waals surface area contributed by atoms with Gasteiger partial charge in [0.15, 0.2) is 0 Å². The first-order chi connectivity index (χ1) is 13.5. The fourth-order valence-corrected chi connectivity index (χ4v) is 5.02. The van der Waals surface area contributed by atoms with E-state index in [4.69, 9.17) is 4.74 Å². The van der Waals surface area contributed by atoms with E-state index in [9.17, 15) is 20.4 Å². The predicted molar refractivity (Wildman–Crippen MR) is 109 cm³/mol. The molecule has 0 spiro atoms. The van der Waals surface area contributed by atoms with Crippen LogP contribution in [0.4, 0.5) is 0 Å². The third kappa shape index (κ3) is 3.48. The van der Waals surface area contributed by atoms with Crippen molar-refractivity contribution in [2.45, 2.75) is 43.9 Å². The molecule has 3 aromatic rings. The Hall–Kier alpha value is -1.80. The topological polar surface area (TPSA) is 90.2 Å². The zero-order valence-electron chi connectivity index (χ0n) is 15.5. The highest BCUT2D eigenvalue weighted by molar-refractivity contribution is 7.19. The lowest BCUT2D eigenvalue weighted by Gasteiger charge is -2.39. The van der Waals surface area contributed by atoms with E-state index in [1.807, 2.05) is 30.3 Å². The summed E-state index contributed by atoms with van der Waals surface area (Å²) in [6.45, 7) is 1.67. The minimum atomic E-state index is -1.37. The van der Waals surface area contributed by atoms with E-state index < -0.39 is 37.1 Å². The van der Waals surface area contributed by atoms with Crippen LogP contribution in [0, 0.1) is 6.92 Å². The van der Waals surface area contributed by atoms with Gasteiger partial charge < -0.3 is 25.2 Å². The smallest absolute Gasteiger partial charge is 0.121 e. The Morgan fingerprint density at radius 2 is 1.68 bits per heavy atom. The summed E-state index contributed by atoms with van der Waals surface area (Å²) in [5.41, 5.74) is 3.69. The van der Waals surface area contributed by atoms with E-state index >= 15 is 0 Å². The molecule has 0 radical (unpaired) electrons. The van der Waals surface area contributed by atoms with Gasteiger partial charge in [-0.25, -0.2) is 0 Å². The number of benzene rings is 2. The molecule has 1 aromatic heterocycles. The number of aliphatic hydroxyl groups is 4. The zero-order chi connectivity index (χ0) is 19.8. The minimum absolute atomic E-state index is 0.426. The summed E-state index contributed by atoms with van der Waals surface area (Å²) in [5.74, 6) is 0. The van der Waals surface area contributed by atoms with Gasteiger partial charge in [-0.15, -0.1) is 11.3 Å². The van der Waals surface area contributed by atoms with Crippen LogP contribution in [0.1, 0.15) is 27.7 Å². The monoisotopic (exact) mass is 400 g/mol. The van der Waals surface area contributed by atoms with Gasteiger partial charge in [-0.05, 0) is 41.5 Å².